The Hall–Kier alpha value is -1.30. The van der Waals surface area contributed by atoms with Crippen LogP contribution in [0.15, 0.2) is 24.5 Å². The van der Waals surface area contributed by atoms with Gasteiger partial charge < -0.3 is 9.88 Å². The largest absolute Gasteiger partial charge is 0.377 e. The summed E-state index contributed by atoms with van der Waals surface area (Å²) in [4.78, 5) is 4.23. The molecule has 0 bridgehead atoms. The maximum Gasteiger partial charge on any atom is 0.128 e. The van der Waals surface area contributed by atoms with E-state index in [1.54, 1.807) is 6.20 Å². The quantitative estimate of drug-likeness (QED) is 0.796. The molecule has 98 valence electrons. The van der Waals surface area contributed by atoms with E-state index in [0.29, 0.717) is 16.7 Å². The highest BCUT2D eigenvalue weighted by Crippen LogP contribution is 2.30. The standard InChI is InChI=1S/C12H10Cl2N4S/c1-18-11(14)5-16-12(18)6-15-9-3-10-7(2-8(9)13)4-17-19-10/h2-5,15H,6H2,1H3. The summed E-state index contributed by atoms with van der Waals surface area (Å²) < 4.78 is 7.07. The third-order valence-corrected chi connectivity index (χ3v) is 4.33. The third kappa shape index (κ3) is 2.41. The Morgan fingerprint density at radius 2 is 2.16 bits per heavy atom. The van der Waals surface area contributed by atoms with E-state index in [9.17, 15) is 0 Å². The number of rotatable bonds is 3. The van der Waals surface area contributed by atoms with Gasteiger partial charge in [0, 0.05) is 18.6 Å². The van der Waals surface area contributed by atoms with Gasteiger partial charge in [0.15, 0.2) is 0 Å². The van der Waals surface area contributed by atoms with Crippen LogP contribution < -0.4 is 5.32 Å². The fourth-order valence-electron chi connectivity index (χ4n) is 1.79. The Morgan fingerprint density at radius 3 is 2.89 bits per heavy atom. The number of hydrogen-bond acceptors (Lipinski definition) is 4. The van der Waals surface area contributed by atoms with Crippen LogP contribution in [0.1, 0.15) is 5.82 Å². The van der Waals surface area contributed by atoms with Crippen LogP contribution in [-0.2, 0) is 13.6 Å². The molecule has 19 heavy (non-hydrogen) atoms. The maximum absolute atomic E-state index is 6.23. The van der Waals surface area contributed by atoms with Gasteiger partial charge in [-0.3, -0.25) is 0 Å². The molecular weight excluding hydrogens is 303 g/mol. The van der Waals surface area contributed by atoms with Gasteiger partial charge in [0.25, 0.3) is 0 Å². The van der Waals surface area contributed by atoms with Gasteiger partial charge in [-0.15, -0.1) is 0 Å². The Kier molecular flexibility index (Phi) is 3.35. The first-order valence-corrected chi connectivity index (χ1v) is 7.12. The number of halogens is 2. The second-order valence-corrected chi connectivity index (χ2v) is 5.73. The fourth-order valence-corrected chi connectivity index (χ4v) is 2.84. The molecule has 0 saturated heterocycles. The average Bonchev–Trinajstić information content (AvgIpc) is 2.96. The highest BCUT2D eigenvalue weighted by molar-refractivity contribution is 7.13. The van der Waals surface area contributed by atoms with Crippen molar-refractivity contribution in [2.45, 2.75) is 6.54 Å². The molecule has 1 aromatic carbocycles. The van der Waals surface area contributed by atoms with Gasteiger partial charge in [0.1, 0.15) is 11.0 Å². The summed E-state index contributed by atoms with van der Waals surface area (Å²) in [6.45, 7) is 0.563. The lowest BCUT2D eigenvalue weighted by Crippen LogP contribution is -2.06. The second kappa shape index (κ2) is 5.00. The molecule has 7 heteroatoms. The summed E-state index contributed by atoms with van der Waals surface area (Å²) in [5.74, 6) is 0.852. The zero-order valence-corrected chi connectivity index (χ0v) is 12.4. The molecule has 1 N–H and O–H groups in total. The van der Waals surface area contributed by atoms with Crippen LogP contribution in [0, 0.1) is 0 Å². The molecule has 0 spiro atoms. The average molecular weight is 313 g/mol. The molecule has 0 atom stereocenters. The summed E-state index contributed by atoms with van der Waals surface area (Å²) >= 11 is 13.6. The molecule has 0 amide bonds. The number of benzene rings is 1. The Labute approximate surface area is 124 Å². The van der Waals surface area contributed by atoms with Crippen molar-refractivity contribution in [2.24, 2.45) is 7.05 Å². The van der Waals surface area contributed by atoms with Gasteiger partial charge in [-0.05, 0) is 23.7 Å². The summed E-state index contributed by atoms with van der Waals surface area (Å²) in [6.07, 6.45) is 3.45. The molecule has 0 radical (unpaired) electrons. The zero-order chi connectivity index (χ0) is 13.4. The third-order valence-electron chi connectivity index (χ3n) is 2.91. The first kappa shape index (κ1) is 12.7. The van der Waals surface area contributed by atoms with Crippen molar-refractivity contribution in [2.75, 3.05) is 5.32 Å². The SMILES string of the molecule is Cn1c(Cl)cnc1CNc1cc2sncc2cc1Cl. The second-order valence-electron chi connectivity index (χ2n) is 4.11. The highest BCUT2D eigenvalue weighted by atomic mass is 35.5. The highest BCUT2D eigenvalue weighted by Gasteiger charge is 2.07. The minimum absolute atomic E-state index is 0.563. The monoisotopic (exact) mass is 312 g/mol. The summed E-state index contributed by atoms with van der Waals surface area (Å²) in [7, 11) is 1.88. The number of nitrogens with one attached hydrogen (secondary N) is 1. The van der Waals surface area contributed by atoms with Crippen molar-refractivity contribution in [1.29, 1.82) is 0 Å². The molecule has 0 aliphatic carbocycles. The summed E-state index contributed by atoms with van der Waals surface area (Å²) in [5.41, 5.74) is 0.873. The van der Waals surface area contributed by atoms with Crippen molar-refractivity contribution in [3.8, 4) is 0 Å². The van der Waals surface area contributed by atoms with Gasteiger partial charge in [0.05, 0.1) is 28.2 Å². The van der Waals surface area contributed by atoms with Crippen molar-refractivity contribution in [3.05, 3.63) is 40.5 Å². The molecule has 2 heterocycles. The lowest BCUT2D eigenvalue weighted by molar-refractivity contribution is 0.813. The molecule has 0 unspecified atom stereocenters. The Morgan fingerprint density at radius 1 is 1.32 bits per heavy atom. The van der Waals surface area contributed by atoms with Gasteiger partial charge >= 0.3 is 0 Å². The van der Waals surface area contributed by atoms with Gasteiger partial charge in [-0.2, -0.15) is 4.37 Å². The van der Waals surface area contributed by atoms with Crippen LogP contribution in [0.3, 0.4) is 0 Å². The minimum atomic E-state index is 0.563. The Bertz CT molecular complexity index is 734. The topological polar surface area (TPSA) is 42.7 Å². The van der Waals surface area contributed by atoms with Gasteiger partial charge in [-0.1, -0.05) is 23.2 Å². The lowest BCUT2D eigenvalue weighted by atomic mass is 10.2. The predicted molar refractivity (Wildman–Crippen MR) is 80.2 cm³/mol. The minimum Gasteiger partial charge on any atom is -0.377 e. The first-order valence-electron chi connectivity index (χ1n) is 5.59. The molecule has 0 aliphatic rings. The van der Waals surface area contributed by atoms with Crippen molar-refractivity contribution in [1.82, 2.24) is 13.9 Å². The van der Waals surface area contributed by atoms with Crippen LogP contribution in [-0.4, -0.2) is 13.9 Å². The van der Waals surface area contributed by atoms with Crippen LogP contribution in [0.5, 0.6) is 0 Å². The normalized spacial score (nSPS) is 11.1. The molecule has 0 saturated carbocycles. The molecule has 3 rings (SSSR count). The molecule has 4 nitrogen and oxygen atoms in total. The van der Waals surface area contributed by atoms with Crippen LogP contribution >= 0.6 is 34.7 Å². The van der Waals surface area contributed by atoms with E-state index in [2.05, 4.69) is 14.7 Å². The fraction of sp³-hybridized carbons (Fsp3) is 0.167. The summed E-state index contributed by atoms with van der Waals surface area (Å²) in [5, 5.41) is 5.61. The van der Waals surface area contributed by atoms with Crippen molar-refractivity contribution >= 4 is 50.5 Å². The number of hydrogen-bond donors (Lipinski definition) is 1. The number of nitrogens with zero attached hydrogens (tertiary/aromatic N) is 3. The predicted octanol–water partition coefficient (Wildman–Crippen LogP) is 3.95. The van der Waals surface area contributed by atoms with E-state index >= 15 is 0 Å². The van der Waals surface area contributed by atoms with Gasteiger partial charge in [0.2, 0.25) is 0 Å². The van der Waals surface area contributed by atoms with E-state index in [0.717, 1.165) is 21.6 Å². The van der Waals surface area contributed by atoms with Crippen LogP contribution in [0.4, 0.5) is 5.69 Å². The molecule has 0 fully saturated rings. The molecular formula is C12H10Cl2N4S. The Balaban J connectivity index is 1.85. The number of imidazole rings is 1. The molecule has 0 aliphatic heterocycles. The van der Waals surface area contributed by atoms with E-state index in [4.69, 9.17) is 23.2 Å². The maximum atomic E-state index is 6.23. The smallest absolute Gasteiger partial charge is 0.128 e. The van der Waals surface area contributed by atoms with Crippen molar-refractivity contribution in [3.63, 3.8) is 0 Å². The lowest BCUT2D eigenvalue weighted by Gasteiger charge is -2.08. The number of fused-ring (bicyclic) bond motifs is 1. The van der Waals surface area contributed by atoms with E-state index in [1.807, 2.05) is 29.9 Å². The molecule has 3 aromatic rings. The van der Waals surface area contributed by atoms with E-state index in [1.165, 1.54) is 11.5 Å². The first-order chi connectivity index (χ1) is 9.15. The number of aromatic nitrogens is 3. The zero-order valence-electron chi connectivity index (χ0n) is 10.0. The summed E-state index contributed by atoms with van der Waals surface area (Å²) in [6, 6.07) is 3.91. The van der Waals surface area contributed by atoms with Crippen molar-refractivity contribution < 1.29 is 0 Å². The number of anilines is 1. The van der Waals surface area contributed by atoms with Gasteiger partial charge in [-0.25, -0.2) is 4.98 Å². The van der Waals surface area contributed by atoms with E-state index in [-0.39, 0.29) is 0 Å². The van der Waals surface area contributed by atoms with Crippen LogP contribution in [0.25, 0.3) is 10.1 Å². The van der Waals surface area contributed by atoms with E-state index < -0.39 is 0 Å². The van der Waals surface area contributed by atoms with Crippen LogP contribution in [0.2, 0.25) is 10.2 Å². The molecule has 2 aromatic heterocycles.